The first-order valence-corrected chi connectivity index (χ1v) is 5.05. The number of hydrogen-bond donors (Lipinski definition) is 0. The number of nitriles is 1. The average molecular weight is 180 g/mol. The third-order valence-electron chi connectivity index (χ3n) is 1.35. The third-order valence-corrected chi connectivity index (χ3v) is 2.48. The number of nitrogens with zero attached hydrogens (tertiary/aromatic N) is 1. The molecule has 1 rings (SSSR count). The van der Waals surface area contributed by atoms with E-state index in [1.807, 2.05) is 0 Å². The van der Waals surface area contributed by atoms with Gasteiger partial charge >= 0.3 is 0 Å². The Morgan fingerprint density at radius 3 is 2.67 bits per heavy atom. The fraction of sp³-hybridized carbons (Fsp3) is 0.125. The molecule has 1 aromatic rings. The van der Waals surface area contributed by atoms with E-state index >= 15 is 0 Å². The van der Waals surface area contributed by atoms with Gasteiger partial charge in [-0.3, -0.25) is 0 Å². The first-order valence-electron chi connectivity index (χ1n) is 3.16. The standard InChI is InChI=1S/C8H6NO2S/c1-12(10,11)8-5-3-2-4-7(8)6-9/h2,4-5H,1H3. The molecule has 0 aliphatic carbocycles. The van der Waals surface area contributed by atoms with Crippen molar-refractivity contribution >= 4 is 9.84 Å². The molecule has 0 saturated heterocycles. The highest BCUT2D eigenvalue weighted by Gasteiger charge is 2.11. The molecule has 0 aliphatic rings. The zero-order chi connectivity index (χ0) is 9.19. The Balaban J connectivity index is 3.47. The molecule has 0 atom stereocenters. The van der Waals surface area contributed by atoms with Crippen molar-refractivity contribution in [3.63, 3.8) is 0 Å². The summed E-state index contributed by atoms with van der Waals surface area (Å²) in [5, 5.41) is 8.55. The summed E-state index contributed by atoms with van der Waals surface area (Å²) in [4.78, 5) is 0.0347. The van der Waals surface area contributed by atoms with Gasteiger partial charge in [-0.15, -0.1) is 0 Å². The van der Waals surface area contributed by atoms with E-state index in [1.54, 1.807) is 6.07 Å². The molecule has 0 fully saturated rings. The van der Waals surface area contributed by atoms with Crippen LogP contribution in [0.5, 0.6) is 0 Å². The van der Waals surface area contributed by atoms with Crippen LogP contribution in [0.15, 0.2) is 23.1 Å². The van der Waals surface area contributed by atoms with Gasteiger partial charge in [0.2, 0.25) is 0 Å². The zero-order valence-corrected chi connectivity index (χ0v) is 7.22. The maximum absolute atomic E-state index is 11.0. The minimum atomic E-state index is -3.30. The lowest BCUT2D eigenvalue weighted by atomic mass is 10.2. The van der Waals surface area contributed by atoms with Gasteiger partial charge < -0.3 is 0 Å². The Labute approximate surface area is 71.2 Å². The minimum Gasteiger partial charge on any atom is -0.224 e. The molecule has 0 N–H and O–H groups in total. The molecule has 1 aromatic carbocycles. The quantitative estimate of drug-likeness (QED) is 0.641. The first kappa shape index (κ1) is 8.75. The molecular weight excluding hydrogens is 174 g/mol. The molecule has 0 amide bonds. The van der Waals surface area contributed by atoms with Crippen LogP contribution in [0.1, 0.15) is 5.56 Å². The van der Waals surface area contributed by atoms with E-state index in [0.29, 0.717) is 0 Å². The van der Waals surface area contributed by atoms with Crippen LogP contribution in [-0.2, 0) is 9.84 Å². The Morgan fingerprint density at radius 1 is 1.58 bits per heavy atom. The van der Waals surface area contributed by atoms with Crippen LogP contribution in [0.3, 0.4) is 0 Å². The molecule has 0 spiro atoms. The van der Waals surface area contributed by atoms with Gasteiger partial charge in [0.1, 0.15) is 6.07 Å². The first-order chi connectivity index (χ1) is 5.55. The Bertz CT molecular complexity index is 429. The molecule has 4 heteroatoms. The highest BCUT2D eigenvalue weighted by atomic mass is 32.2. The lowest BCUT2D eigenvalue weighted by molar-refractivity contribution is 0.601. The van der Waals surface area contributed by atoms with Crippen LogP contribution < -0.4 is 0 Å². The Kier molecular flexibility index (Phi) is 2.15. The fourth-order valence-electron chi connectivity index (χ4n) is 0.814. The van der Waals surface area contributed by atoms with E-state index in [-0.39, 0.29) is 10.5 Å². The topological polar surface area (TPSA) is 57.9 Å². The number of sulfone groups is 1. The summed E-state index contributed by atoms with van der Waals surface area (Å²) >= 11 is 0. The molecule has 0 aliphatic heterocycles. The second-order valence-electron chi connectivity index (χ2n) is 2.31. The van der Waals surface area contributed by atoms with E-state index in [2.05, 4.69) is 6.07 Å². The van der Waals surface area contributed by atoms with Crippen molar-refractivity contribution in [1.29, 1.82) is 5.26 Å². The summed E-state index contributed by atoms with van der Waals surface area (Å²) < 4.78 is 22.1. The molecular formula is C8H6NO2S. The smallest absolute Gasteiger partial charge is 0.176 e. The van der Waals surface area contributed by atoms with Crippen LogP contribution in [0, 0.1) is 17.4 Å². The summed E-state index contributed by atoms with van der Waals surface area (Å²) in [5.74, 6) is 0. The summed E-state index contributed by atoms with van der Waals surface area (Å²) in [7, 11) is -3.30. The van der Waals surface area contributed by atoms with Crippen LogP contribution in [0.2, 0.25) is 0 Å². The van der Waals surface area contributed by atoms with Gasteiger partial charge in [0, 0.05) is 6.26 Å². The van der Waals surface area contributed by atoms with Gasteiger partial charge in [0.25, 0.3) is 0 Å². The molecule has 0 aromatic heterocycles. The summed E-state index contributed by atoms with van der Waals surface area (Å²) in [6, 6.07) is 8.65. The summed E-state index contributed by atoms with van der Waals surface area (Å²) in [5.41, 5.74) is 0.163. The molecule has 0 saturated carbocycles. The fourth-order valence-corrected chi connectivity index (χ4v) is 1.61. The van der Waals surface area contributed by atoms with E-state index in [4.69, 9.17) is 5.26 Å². The van der Waals surface area contributed by atoms with Gasteiger partial charge in [-0.05, 0) is 18.2 Å². The van der Waals surface area contributed by atoms with Crippen LogP contribution in [0.25, 0.3) is 0 Å². The van der Waals surface area contributed by atoms with Crippen molar-refractivity contribution in [2.75, 3.05) is 6.26 Å². The second kappa shape index (κ2) is 2.95. The van der Waals surface area contributed by atoms with Gasteiger partial charge in [0.15, 0.2) is 9.84 Å². The van der Waals surface area contributed by atoms with Crippen LogP contribution in [-0.4, -0.2) is 14.7 Å². The van der Waals surface area contributed by atoms with Crippen molar-refractivity contribution in [2.24, 2.45) is 0 Å². The van der Waals surface area contributed by atoms with Crippen molar-refractivity contribution in [3.05, 3.63) is 29.8 Å². The second-order valence-corrected chi connectivity index (χ2v) is 4.29. The summed E-state index contributed by atoms with van der Waals surface area (Å²) in [6.07, 6.45) is 1.07. The van der Waals surface area contributed by atoms with Crippen molar-refractivity contribution in [1.82, 2.24) is 0 Å². The minimum absolute atomic E-state index is 0.0347. The monoisotopic (exact) mass is 180 g/mol. The lowest BCUT2D eigenvalue weighted by Crippen LogP contribution is -1.99. The molecule has 1 radical (unpaired) electrons. The molecule has 12 heavy (non-hydrogen) atoms. The van der Waals surface area contributed by atoms with E-state index in [1.165, 1.54) is 18.2 Å². The molecule has 3 nitrogen and oxygen atoms in total. The number of hydrogen-bond acceptors (Lipinski definition) is 3. The van der Waals surface area contributed by atoms with Gasteiger partial charge in [-0.25, -0.2) is 8.42 Å². The van der Waals surface area contributed by atoms with Crippen molar-refractivity contribution in [3.8, 4) is 6.07 Å². The molecule has 0 unspecified atom stereocenters. The maximum atomic E-state index is 11.0. The molecule has 0 heterocycles. The Hall–Kier alpha value is -1.34. The predicted molar refractivity (Wildman–Crippen MR) is 43.1 cm³/mol. The van der Waals surface area contributed by atoms with Gasteiger partial charge in [-0.1, -0.05) is 6.07 Å². The van der Waals surface area contributed by atoms with Crippen LogP contribution in [0.4, 0.5) is 0 Å². The van der Waals surface area contributed by atoms with E-state index in [0.717, 1.165) is 6.26 Å². The van der Waals surface area contributed by atoms with Crippen molar-refractivity contribution < 1.29 is 8.42 Å². The summed E-state index contributed by atoms with van der Waals surface area (Å²) in [6.45, 7) is 0. The third kappa shape index (κ3) is 1.63. The van der Waals surface area contributed by atoms with Crippen molar-refractivity contribution in [2.45, 2.75) is 4.90 Å². The largest absolute Gasteiger partial charge is 0.224 e. The van der Waals surface area contributed by atoms with Crippen LogP contribution >= 0.6 is 0 Å². The highest BCUT2D eigenvalue weighted by Crippen LogP contribution is 2.12. The number of benzene rings is 1. The predicted octanol–water partition coefficient (Wildman–Crippen LogP) is 0.762. The van der Waals surface area contributed by atoms with Gasteiger partial charge in [-0.2, -0.15) is 5.26 Å². The van der Waals surface area contributed by atoms with E-state index in [9.17, 15) is 8.42 Å². The van der Waals surface area contributed by atoms with Gasteiger partial charge in [0.05, 0.1) is 10.5 Å². The Morgan fingerprint density at radius 2 is 2.25 bits per heavy atom. The normalized spacial score (nSPS) is 10.7. The SMILES string of the molecule is CS(=O)(=O)c1c[c]ccc1C#N. The average Bonchev–Trinajstić information content (AvgIpc) is 2.03. The lowest BCUT2D eigenvalue weighted by Gasteiger charge is -1.98. The molecule has 0 bridgehead atoms. The molecule has 61 valence electrons. The highest BCUT2D eigenvalue weighted by molar-refractivity contribution is 7.90. The number of rotatable bonds is 1. The maximum Gasteiger partial charge on any atom is 0.176 e. The zero-order valence-electron chi connectivity index (χ0n) is 6.40. The van der Waals surface area contributed by atoms with E-state index < -0.39 is 9.84 Å².